The highest BCUT2D eigenvalue weighted by atomic mass is 32.1. The van der Waals surface area contributed by atoms with Crippen LogP contribution in [0.15, 0.2) is 24.3 Å². The molecule has 0 atom stereocenters. The molecule has 0 fully saturated rings. The van der Waals surface area contributed by atoms with Crippen molar-refractivity contribution in [3.63, 3.8) is 0 Å². The van der Waals surface area contributed by atoms with Gasteiger partial charge in [0.2, 0.25) is 0 Å². The summed E-state index contributed by atoms with van der Waals surface area (Å²) in [6.45, 7) is -0.438. The number of halogens is 2. The van der Waals surface area contributed by atoms with E-state index < -0.39 is 37.0 Å². The Kier molecular flexibility index (Phi) is 8.64. The maximum absolute atomic E-state index is 12.3. The van der Waals surface area contributed by atoms with E-state index >= 15 is 0 Å². The third-order valence-electron chi connectivity index (χ3n) is 3.96. The van der Waals surface area contributed by atoms with Crippen LogP contribution in [0.2, 0.25) is 0 Å². The van der Waals surface area contributed by atoms with Gasteiger partial charge in [-0.05, 0) is 43.7 Å². The molecule has 0 spiro atoms. The number of amides is 2. The van der Waals surface area contributed by atoms with Gasteiger partial charge in [0.25, 0.3) is 11.8 Å². The van der Waals surface area contributed by atoms with Crippen molar-refractivity contribution in [3.05, 3.63) is 45.8 Å². The van der Waals surface area contributed by atoms with Gasteiger partial charge >= 0.3 is 18.6 Å². The van der Waals surface area contributed by atoms with Crippen LogP contribution in [0.1, 0.15) is 42.9 Å². The Morgan fingerprint density at radius 3 is 2.28 bits per heavy atom. The molecule has 0 saturated carbocycles. The number of carbonyl (C=O) groups is 4. The Morgan fingerprint density at radius 2 is 1.72 bits per heavy atom. The molecule has 2 aromatic rings. The zero-order chi connectivity index (χ0) is 23.8. The number of rotatable bonds is 9. The molecular weight excluding hydrogens is 450 g/mol. The number of hydrogen-bond acceptors (Lipinski definition) is 8. The Hall–Kier alpha value is -3.54. The van der Waals surface area contributed by atoms with Crippen LogP contribution >= 0.6 is 11.3 Å². The molecule has 9 nitrogen and oxygen atoms in total. The lowest BCUT2D eigenvalue weighted by Crippen LogP contribution is -2.21. The number of thiophene rings is 1. The highest BCUT2D eigenvalue weighted by molar-refractivity contribution is 7.18. The number of nitrogens with one attached hydrogen (secondary N) is 2. The Labute approximate surface area is 185 Å². The number of hydrogen-bond donors (Lipinski definition) is 2. The van der Waals surface area contributed by atoms with Gasteiger partial charge in [-0.3, -0.25) is 9.59 Å². The fourth-order valence-corrected chi connectivity index (χ4v) is 3.69. The van der Waals surface area contributed by atoms with E-state index in [1.165, 1.54) is 19.2 Å². The molecule has 0 bridgehead atoms. The van der Waals surface area contributed by atoms with Crippen LogP contribution < -0.4 is 15.4 Å². The molecule has 2 rings (SSSR count). The molecule has 1 heterocycles. The van der Waals surface area contributed by atoms with Crippen LogP contribution in [0.25, 0.3) is 0 Å². The van der Waals surface area contributed by atoms with E-state index in [0.29, 0.717) is 5.56 Å². The van der Waals surface area contributed by atoms with Crippen molar-refractivity contribution in [2.24, 2.45) is 0 Å². The second-order valence-electron chi connectivity index (χ2n) is 6.09. The topological polar surface area (TPSA) is 120 Å². The summed E-state index contributed by atoms with van der Waals surface area (Å²) in [6.07, 6.45) is 0. The summed E-state index contributed by atoms with van der Waals surface area (Å²) in [7, 11) is 1.43. The first kappa shape index (κ1) is 24.7. The molecule has 12 heteroatoms. The summed E-state index contributed by atoms with van der Waals surface area (Å²) < 4.78 is 38.4. The zero-order valence-electron chi connectivity index (χ0n) is 17.3. The molecule has 2 N–H and O–H groups in total. The highest BCUT2D eigenvalue weighted by Crippen LogP contribution is 2.33. The molecule has 0 aliphatic carbocycles. The molecule has 0 aliphatic rings. The minimum absolute atomic E-state index is 0.0144. The maximum atomic E-state index is 12.3. The largest absolute Gasteiger partial charge is 0.462 e. The number of esters is 2. The minimum atomic E-state index is -3.00. The first-order valence-electron chi connectivity index (χ1n) is 9.22. The first-order chi connectivity index (χ1) is 15.2. The van der Waals surface area contributed by atoms with Gasteiger partial charge in [0.15, 0.2) is 6.61 Å². The molecular formula is C20H20F2N2O7S. The Morgan fingerprint density at radius 1 is 1.06 bits per heavy atom. The third kappa shape index (κ3) is 6.23. The number of benzene rings is 1. The average molecular weight is 470 g/mol. The highest BCUT2D eigenvalue weighted by Gasteiger charge is 2.26. The molecule has 32 heavy (non-hydrogen) atoms. The molecule has 1 aromatic carbocycles. The van der Waals surface area contributed by atoms with Crippen LogP contribution in [0.4, 0.5) is 13.8 Å². The third-order valence-corrected chi connectivity index (χ3v) is 5.17. The van der Waals surface area contributed by atoms with E-state index in [4.69, 9.17) is 9.47 Å². The second kappa shape index (κ2) is 11.2. The summed E-state index contributed by atoms with van der Waals surface area (Å²) in [5.74, 6) is -2.92. The van der Waals surface area contributed by atoms with Crippen molar-refractivity contribution in [1.29, 1.82) is 0 Å². The summed E-state index contributed by atoms with van der Waals surface area (Å²) in [4.78, 5) is 48.9. The Balaban J connectivity index is 2.08. The summed E-state index contributed by atoms with van der Waals surface area (Å²) in [5, 5.41) is 4.97. The molecule has 0 saturated heterocycles. The molecule has 172 valence electrons. The molecule has 0 aliphatic heterocycles. The zero-order valence-corrected chi connectivity index (χ0v) is 18.1. The minimum Gasteiger partial charge on any atom is -0.462 e. The van der Waals surface area contributed by atoms with Crippen LogP contribution in [-0.2, 0) is 14.3 Å². The second-order valence-corrected chi connectivity index (χ2v) is 7.11. The van der Waals surface area contributed by atoms with E-state index in [-0.39, 0.29) is 33.4 Å². The summed E-state index contributed by atoms with van der Waals surface area (Å²) in [5.41, 5.74) is 0.386. The number of ether oxygens (including phenoxy) is 3. The van der Waals surface area contributed by atoms with Gasteiger partial charge in [0.05, 0.1) is 22.6 Å². The van der Waals surface area contributed by atoms with E-state index in [2.05, 4.69) is 15.4 Å². The quantitative estimate of drug-likeness (QED) is 0.541. The SMILES string of the molecule is CCOC(=O)c1c(NC(=O)COC(=O)c2ccc(OC(F)F)cc2)sc(C(=O)NC)c1C. The molecule has 1 aromatic heterocycles. The molecule has 0 unspecified atom stereocenters. The van der Waals surface area contributed by atoms with Crippen LogP contribution in [-0.4, -0.2) is 50.6 Å². The lowest BCUT2D eigenvalue weighted by atomic mass is 10.1. The normalized spacial score (nSPS) is 10.4. The van der Waals surface area contributed by atoms with Crippen molar-refractivity contribution >= 4 is 40.1 Å². The van der Waals surface area contributed by atoms with Gasteiger partial charge in [-0.2, -0.15) is 8.78 Å². The van der Waals surface area contributed by atoms with Gasteiger partial charge in [-0.1, -0.05) is 0 Å². The average Bonchev–Trinajstić information content (AvgIpc) is 3.07. The summed E-state index contributed by atoms with van der Waals surface area (Å²) >= 11 is 0.878. The fraction of sp³-hybridized carbons (Fsp3) is 0.300. The van der Waals surface area contributed by atoms with Gasteiger partial charge in [0, 0.05) is 7.05 Å². The van der Waals surface area contributed by atoms with Crippen LogP contribution in [0, 0.1) is 6.92 Å². The number of anilines is 1. The fourth-order valence-electron chi connectivity index (χ4n) is 2.53. The molecule has 0 radical (unpaired) electrons. The van der Waals surface area contributed by atoms with Crippen LogP contribution in [0.5, 0.6) is 5.75 Å². The number of alkyl halides is 2. The van der Waals surface area contributed by atoms with Crippen molar-refractivity contribution in [2.45, 2.75) is 20.5 Å². The molecule has 2 amide bonds. The summed E-state index contributed by atoms with van der Waals surface area (Å²) in [6, 6.07) is 4.72. The number of carbonyl (C=O) groups excluding carboxylic acids is 4. The van der Waals surface area contributed by atoms with E-state index in [9.17, 15) is 28.0 Å². The monoisotopic (exact) mass is 470 g/mol. The van der Waals surface area contributed by atoms with Gasteiger partial charge in [-0.25, -0.2) is 9.59 Å². The van der Waals surface area contributed by atoms with Gasteiger partial charge in [0.1, 0.15) is 10.8 Å². The smallest absolute Gasteiger partial charge is 0.387 e. The van der Waals surface area contributed by atoms with Crippen molar-refractivity contribution < 1.29 is 42.2 Å². The predicted octanol–water partition coefficient (Wildman–Crippen LogP) is 2.99. The van der Waals surface area contributed by atoms with E-state index in [1.807, 2.05) is 0 Å². The van der Waals surface area contributed by atoms with Crippen LogP contribution in [0.3, 0.4) is 0 Å². The van der Waals surface area contributed by atoms with Crippen molar-refractivity contribution in [2.75, 3.05) is 25.6 Å². The lowest BCUT2D eigenvalue weighted by molar-refractivity contribution is -0.119. The first-order valence-corrected chi connectivity index (χ1v) is 10.0. The van der Waals surface area contributed by atoms with Crippen molar-refractivity contribution in [3.8, 4) is 5.75 Å². The lowest BCUT2D eigenvalue weighted by Gasteiger charge is -2.08. The standard InChI is InChI=1S/C20H20F2N2O7S/c1-4-29-19(28)14-10(2)15(16(26)23-3)32-17(14)24-13(25)9-30-18(27)11-5-7-12(8-6-11)31-20(21)22/h5-8,20H,4,9H2,1-3H3,(H,23,26)(H,24,25). The van der Waals surface area contributed by atoms with E-state index in [0.717, 1.165) is 23.5 Å². The van der Waals surface area contributed by atoms with Gasteiger partial charge in [-0.15, -0.1) is 11.3 Å². The van der Waals surface area contributed by atoms with Crippen molar-refractivity contribution in [1.82, 2.24) is 5.32 Å². The predicted molar refractivity (Wildman–Crippen MR) is 110 cm³/mol. The van der Waals surface area contributed by atoms with E-state index in [1.54, 1.807) is 13.8 Å². The Bertz CT molecular complexity index is 1010. The maximum Gasteiger partial charge on any atom is 0.387 e. The van der Waals surface area contributed by atoms with Gasteiger partial charge < -0.3 is 24.8 Å².